The van der Waals surface area contributed by atoms with Gasteiger partial charge in [0.2, 0.25) is 0 Å². The van der Waals surface area contributed by atoms with Crippen LogP contribution in [0.25, 0.3) is 0 Å². The van der Waals surface area contributed by atoms with Gasteiger partial charge in [0.1, 0.15) is 5.15 Å². The standard InChI is InChI=1S/C10H12BrClN2/c11-8-6-14-9(12)5-7(8)10(1-2-10)3-4-13/h5-6H,1-4,13H2. The highest BCUT2D eigenvalue weighted by atomic mass is 79.9. The van der Waals surface area contributed by atoms with Crippen LogP contribution in [0.2, 0.25) is 5.15 Å². The quantitative estimate of drug-likeness (QED) is 0.862. The first kappa shape index (κ1) is 10.4. The second kappa shape index (κ2) is 3.80. The summed E-state index contributed by atoms with van der Waals surface area (Å²) in [5, 5.41) is 0.562. The number of nitrogens with two attached hydrogens (primary N) is 1. The molecule has 14 heavy (non-hydrogen) atoms. The number of nitrogens with zero attached hydrogens (tertiary/aromatic N) is 1. The summed E-state index contributed by atoms with van der Waals surface area (Å²) in [5.74, 6) is 0. The van der Waals surface area contributed by atoms with E-state index in [2.05, 4.69) is 20.9 Å². The molecular formula is C10H12BrClN2. The smallest absolute Gasteiger partial charge is 0.129 e. The van der Waals surface area contributed by atoms with Crippen molar-refractivity contribution >= 4 is 27.5 Å². The Hall–Kier alpha value is -0.120. The first-order chi connectivity index (χ1) is 6.68. The Kier molecular flexibility index (Phi) is 2.82. The molecule has 1 aliphatic carbocycles. The monoisotopic (exact) mass is 274 g/mol. The van der Waals surface area contributed by atoms with E-state index in [0.717, 1.165) is 17.4 Å². The first-order valence-corrected chi connectivity index (χ1v) is 5.87. The lowest BCUT2D eigenvalue weighted by Gasteiger charge is -2.16. The average Bonchev–Trinajstić information content (AvgIpc) is 2.91. The molecule has 76 valence electrons. The van der Waals surface area contributed by atoms with Gasteiger partial charge in [0.15, 0.2) is 0 Å². The zero-order chi connectivity index (χ0) is 10.2. The van der Waals surface area contributed by atoms with Gasteiger partial charge in [0.25, 0.3) is 0 Å². The molecule has 0 atom stereocenters. The van der Waals surface area contributed by atoms with Crippen molar-refractivity contribution in [3.63, 3.8) is 0 Å². The lowest BCUT2D eigenvalue weighted by Crippen LogP contribution is -2.14. The van der Waals surface area contributed by atoms with E-state index in [0.29, 0.717) is 5.15 Å². The van der Waals surface area contributed by atoms with Crippen LogP contribution in [0, 0.1) is 0 Å². The maximum atomic E-state index is 5.89. The first-order valence-electron chi connectivity index (χ1n) is 4.69. The summed E-state index contributed by atoms with van der Waals surface area (Å²) >= 11 is 9.40. The molecule has 0 aromatic carbocycles. The minimum Gasteiger partial charge on any atom is -0.330 e. The summed E-state index contributed by atoms with van der Waals surface area (Å²) in [6.07, 6.45) is 5.23. The van der Waals surface area contributed by atoms with Crippen molar-refractivity contribution in [2.24, 2.45) is 5.73 Å². The summed E-state index contributed by atoms with van der Waals surface area (Å²) in [6, 6.07) is 1.95. The summed E-state index contributed by atoms with van der Waals surface area (Å²) in [7, 11) is 0. The molecule has 2 nitrogen and oxygen atoms in total. The Balaban J connectivity index is 2.35. The highest BCUT2D eigenvalue weighted by molar-refractivity contribution is 9.10. The molecule has 0 aliphatic heterocycles. The number of halogens is 2. The molecule has 0 bridgehead atoms. The Labute approximate surface area is 97.0 Å². The van der Waals surface area contributed by atoms with E-state index in [1.165, 1.54) is 18.4 Å². The normalized spacial score (nSPS) is 18.2. The number of hydrogen-bond acceptors (Lipinski definition) is 2. The molecule has 1 aliphatic rings. The van der Waals surface area contributed by atoms with Crippen LogP contribution in [0.4, 0.5) is 0 Å². The molecule has 0 amide bonds. The minimum atomic E-state index is 0.278. The maximum Gasteiger partial charge on any atom is 0.129 e. The number of pyridine rings is 1. The lowest BCUT2D eigenvalue weighted by atomic mass is 9.93. The van der Waals surface area contributed by atoms with Gasteiger partial charge in [0.05, 0.1) is 0 Å². The minimum absolute atomic E-state index is 0.278. The summed E-state index contributed by atoms with van der Waals surface area (Å²) in [6.45, 7) is 0.729. The van der Waals surface area contributed by atoms with Gasteiger partial charge in [-0.15, -0.1) is 0 Å². The van der Waals surface area contributed by atoms with Crippen molar-refractivity contribution in [3.8, 4) is 0 Å². The fourth-order valence-electron chi connectivity index (χ4n) is 1.90. The molecule has 2 rings (SSSR count). The van der Waals surface area contributed by atoms with E-state index in [1.807, 2.05) is 6.07 Å². The van der Waals surface area contributed by atoms with Crippen LogP contribution in [0.15, 0.2) is 16.7 Å². The van der Waals surface area contributed by atoms with Gasteiger partial charge < -0.3 is 5.73 Å². The summed E-state index contributed by atoms with van der Waals surface area (Å²) in [5.41, 5.74) is 7.16. The maximum absolute atomic E-state index is 5.89. The van der Waals surface area contributed by atoms with E-state index >= 15 is 0 Å². The summed E-state index contributed by atoms with van der Waals surface area (Å²) in [4.78, 5) is 4.03. The van der Waals surface area contributed by atoms with Gasteiger partial charge in [-0.2, -0.15) is 0 Å². The summed E-state index contributed by atoms with van der Waals surface area (Å²) < 4.78 is 1.05. The second-order valence-electron chi connectivity index (χ2n) is 3.81. The van der Waals surface area contributed by atoms with Gasteiger partial charge in [-0.25, -0.2) is 4.98 Å². The SMILES string of the molecule is NCCC1(c2cc(Cl)ncc2Br)CC1. The molecule has 1 aromatic rings. The van der Waals surface area contributed by atoms with Crippen LogP contribution in [0.3, 0.4) is 0 Å². The highest BCUT2D eigenvalue weighted by Gasteiger charge is 2.44. The second-order valence-corrected chi connectivity index (χ2v) is 5.05. The fraction of sp³-hybridized carbons (Fsp3) is 0.500. The Bertz CT molecular complexity index is 350. The van der Waals surface area contributed by atoms with E-state index in [1.54, 1.807) is 6.20 Å². The van der Waals surface area contributed by atoms with Crippen LogP contribution in [-0.4, -0.2) is 11.5 Å². The third-order valence-electron chi connectivity index (χ3n) is 2.87. The Morgan fingerprint density at radius 3 is 2.86 bits per heavy atom. The van der Waals surface area contributed by atoms with Crippen LogP contribution >= 0.6 is 27.5 Å². The van der Waals surface area contributed by atoms with Crippen molar-refractivity contribution in [2.75, 3.05) is 6.54 Å². The van der Waals surface area contributed by atoms with Crippen LogP contribution in [-0.2, 0) is 5.41 Å². The van der Waals surface area contributed by atoms with E-state index in [9.17, 15) is 0 Å². The van der Waals surface area contributed by atoms with Crippen LogP contribution in [0.5, 0.6) is 0 Å². The zero-order valence-corrected chi connectivity index (χ0v) is 10.1. The van der Waals surface area contributed by atoms with Crippen molar-refractivity contribution in [2.45, 2.75) is 24.7 Å². The van der Waals surface area contributed by atoms with Gasteiger partial charge in [0, 0.05) is 10.7 Å². The van der Waals surface area contributed by atoms with Crippen LogP contribution in [0.1, 0.15) is 24.8 Å². The van der Waals surface area contributed by atoms with Gasteiger partial charge >= 0.3 is 0 Å². The van der Waals surface area contributed by atoms with Crippen LogP contribution < -0.4 is 5.73 Å². The third-order valence-corrected chi connectivity index (χ3v) is 3.71. The number of rotatable bonds is 3. The molecule has 2 N–H and O–H groups in total. The Morgan fingerprint density at radius 1 is 1.57 bits per heavy atom. The molecule has 0 radical (unpaired) electrons. The largest absolute Gasteiger partial charge is 0.330 e. The number of hydrogen-bond donors (Lipinski definition) is 1. The van der Waals surface area contributed by atoms with Crippen molar-refractivity contribution in [3.05, 3.63) is 27.5 Å². The molecule has 0 unspecified atom stereocenters. The fourth-order valence-corrected chi connectivity index (χ4v) is 2.70. The third kappa shape index (κ3) is 1.81. The zero-order valence-electron chi connectivity index (χ0n) is 7.76. The molecular weight excluding hydrogens is 263 g/mol. The van der Waals surface area contributed by atoms with Gasteiger partial charge in [-0.1, -0.05) is 11.6 Å². The lowest BCUT2D eigenvalue weighted by molar-refractivity contribution is 0.625. The average molecular weight is 276 g/mol. The molecule has 0 saturated heterocycles. The van der Waals surface area contributed by atoms with Crippen molar-refractivity contribution < 1.29 is 0 Å². The molecule has 1 fully saturated rings. The molecule has 1 heterocycles. The number of aromatic nitrogens is 1. The molecule has 1 saturated carbocycles. The predicted octanol–water partition coefficient (Wildman–Crippen LogP) is 2.88. The molecule has 0 spiro atoms. The predicted molar refractivity (Wildman–Crippen MR) is 61.5 cm³/mol. The molecule has 1 aromatic heterocycles. The van der Waals surface area contributed by atoms with E-state index in [4.69, 9.17) is 17.3 Å². The van der Waals surface area contributed by atoms with Crippen molar-refractivity contribution in [1.82, 2.24) is 4.98 Å². The van der Waals surface area contributed by atoms with E-state index < -0.39 is 0 Å². The topological polar surface area (TPSA) is 38.9 Å². The highest BCUT2D eigenvalue weighted by Crippen LogP contribution is 2.52. The van der Waals surface area contributed by atoms with Crippen molar-refractivity contribution in [1.29, 1.82) is 0 Å². The van der Waals surface area contributed by atoms with Gasteiger partial charge in [-0.3, -0.25) is 0 Å². The molecule has 4 heteroatoms. The van der Waals surface area contributed by atoms with Gasteiger partial charge in [-0.05, 0) is 58.8 Å². The Morgan fingerprint density at radius 2 is 2.29 bits per heavy atom. The van der Waals surface area contributed by atoms with E-state index in [-0.39, 0.29) is 5.41 Å².